The molecular weight excluding hydrogens is 226 g/mol. The van der Waals surface area contributed by atoms with Gasteiger partial charge in [0.1, 0.15) is 0 Å². The van der Waals surface area contributed by atoms with Crippen LogP contribution in [0.4, 0.5) is 4.79 Å². The van der Waals surface area contributed by atoms with Gasteiger partial charge in [-0.25, -0.2) is 15.0 Å². The SMILES string of the molecule is CNC(=O)NNC(=O)c1cccc(C(=O)O)c1. The van der Waals surface area contributed by atoms with Crippen LogP contribution in [0.15, 0.2) is 24.3 Å². The molecule has 7 nitrogen and oxygen atoms in total. The van der Waals surface area contributed by atoms with Crippen LogP contribution in [0, 0.1) is 0 Å². The number of carbonyl (C=O) groups is 3. The standard InChI is InChI=1S/C10H11N3O4/c1-11-10(17)13-12-8(14)6-3-2-4-7(5-6)9(15)16/h2-5H,1H3,(H,12,14)(H,15,16)(H2,11,13,17). The summed E-state index contributed by atoms with van der Waals surface area (Å²) in [4.78, 5) is 33.0. The molecule has 0 aromatic heterocycles. The molecule has 1 aromatic rings. The molecule has 0 heterocycles. The monoisotopic (exact) mass is 237 g/mol. The maximum atomic E-state index is 11.5. The Balaban J connectivity index is 2.72. The van der Waals surface area contributed by atoms with Crippen LogP contribution in [-0.4, -0.2) is 30.1 Å². The number of carboxylic acid groups (broad SMARTS) is 1. The zero-order valence-electron chi connectivity index (χ0n) is 8.98. The third kappa shape index (κ3) is 3.49. The second-order valence-electron chi connectivity index (χ2n) is 3.04. The largest absolute Gasteiger partial charge is 0.478 e. The number of hydrogen-bond acceptors (Lipinski definition) is 3. The molecule has 0 aliphatic carbocycles. The number of amides is 3. The van der Waals surface area contributed by atoms with Gasteiger partial charge in [0.05, 0.1) is 5.56 Å². The van der Waals surface area contributed by atoms with Gasteiger partial charge >= 0.3 is 12.0 Å². The summed E-state index contributed by atoms with van der Waals surface area (Å²) < 4.78 is 0. The normalized spacial score (nSPS) is 9.24. The van der Waals surface area contributed by atoms with Crippen molar-refractivity contribution >= 4 is 17.9 Å². The first kappa shape index (κ1) is 12.5. The van der Waals surface area contributed by atoms with Crippen molar-refractivity contribution in [1.82, 2.24) is 16.2 Å². The fraction of sp³-hybridized carbons (Fsp3) is 0.100. The van der Waals surface area contributed by atoms with Crippen LogP contribution in [0.25, 0.3) is 0 Å². The average molecular weight is 237 g/mol. The van der Waals surface area contributed by atoms with E-state index in [1.54, 1.807) is 0 Å². The number of hydrazine groups is 1. The van der Waals surface area contributed by atoms with E-state index in [4.69, 9.17) is 5.11 Å². The number of carboxylic acids is 1. The molecule has 7 heteroatoms. The van der Waals surface area contributed by atoms with Crippen molar-refractivity contribution < 1.29 is 19.5 Å². The molecule has 0 bridgehead atoms. The van der Waals surface area contributed by atoms with E-state index in [1.165, 1.54) is 31.3 Å². The van der Waals surface area contributed by atoms with E-state index in [9.17, 15) is 14.4 Å². The van der Waals surface area contributed by atoms with E-state index in [2.05, 4.69) is 16.2 Å². The Hall–Kier alpha value is -2.57. The number of benzene rings is 1. The van der Waals surface area contributed by atoms with Gasteiger partial charge < -0.3 is 10.4 Å². The fourth-order valence-corrected chi connectivity index (χ4v) is 1.04. The zero-order chi connectivity index (χ0) is 12.8. The molecule has 0 aliphatic heterocycles. The lowest BCUT2D eigenvalue weighted by Gasteiger charge is -2.06. The number of rotatable bonds is 2. The van der Waals surface area contributed by atoms with Crippen LogP contribution in [0.2, 0.25) is 0 Å². The summed E-state index contributed by atoms with van der Waals surface area (Å²) in [7, 11) is 1.40. The van der Waals surface area contributed by atoms with Crippen molar-refractivity contribution in [3.05, 3.63) is 35.4 Å². The van der Waals surface area contributed by atoms with E-state index in [0.29, 0.717) is 0 Å². The predicted octanol–water partition coefficient (Wildman–Crippen LogP) is -0.0414. The number of urea groups is 1. The van der Waals surface area contributed by atoms with Crippen LogP contribution in [0.3, 0.4) is 0 Å². The minimum atomic E-state index is -1.13. The van der Waals surface area contributed by atoms with Gasteiger partial charge in [-0.05, 0) is 18.2 Å². The molecule has 0 atom stereocenters. The Bertz CT molecular complexity index is 459. The van der Waals surface area contributed by atoms with E-state index in [-0.39, 0.29) is 11.1 Å². The molecule has 0 aliphatic rings. The fourth-order valence-electron chi connectivity index (χ4n) is 1.04. The molecule has 0 unspecified atom stereocenters. The third-order valence-electron chi connectivity index (χ3n) is 1.89. The highest BCUT2D eigenvalue weighted by atomic mass is 16.4. The highest BCUT2D eigenvalue weighted by molar-refractivity contribution is 5.98. The van der Waals surface area contributed by atoms with Crippen molar-refractivity contribution in [3.63, 3.8) is 0 Å². The first-order valence-electron chi connectivity index (χ1n) is 4.66. The molecule has 17 heavy (non-hydrogen) atoms. The number of nitrogens with one attached hydrogen (secondary N) is 3. The average Bonchev–Trinajstić information content (AvgIpc) is 2.35. The summed E-state index contributed by atoms with van der Waals surface area (Å²) in [6.45, 7) is 0. The Morgan fingerprint density at radius 2 is 1.76 bits per heavy atom. The quantitative estimate of drug-likeness (QED) is 0.541. The predicted molar refractivity (Wildman–Crippen MR) is 58.5 cm³/mol. The molecule has 0 saturated carbocycles. The van der Waals surface area contributed by atoms with Gasteiger partial charge in [-0.15, -0.1) is 0 Å². The van der Waals surface area contributed by atoms with Gasteiger partial charge in [-0.2, -0.15) is 0 Å². The van der Waals surface area contributed by atoms with Crippen molar-refractivity contribution in [2.24, 2.45) is 0 Å². The topological polar surface area (TPSA) is 108 Å². The molecule has 90 valence electrons. The van der Waals surface area contributed by atoms with Crippen molar-refractivity contribution in [2.75, 3.05) is 7.05 Å². The van der Waals surface area contributed by atoms with Crippen LogP contribution in [-0.2, 0) is 0 Å². The van der Waals surface area contributed by atoms with Crippen molar-refractivity contribution in [1.29, 1.82) is 0 Å². The van der Waals surface area contributed by atoms with Gasteiger partial charge in [0.25, 0.3) is 5.91 Å². The summed E-state index contributed by atoms with van der Waals surface area (Å²) in [6, 6.07) is 4.88. The Morgan fingerprint density at radius 3 is 2.35 bits per heavy atom. The zero-order valence-corrected chi connectivity index (χ0v) is 8.98. The molecule has 4 N–H and O–H groups in total. The van der Waals surface area contributed by atoms with Crippen LogP contribution in [0.5, 0.6) is 0 Å². The highest BCUT2D eigenvalue weighted by Crippen LogP contribution is 2.04. The molecule has 0 saturated heterocycles. The smallest absolute Gasteiger partial charge is 0.335 e. The van der Waals surface area contributed by atoms with Gasteiger partial charge in [0.15, 0.2) is 0 Å². The lowest BCUT2D eigenvalue weighted by molar-refractivity contribution is 0.0697. The molecule has 0 fully saturated rings. The molecule has 0 spiro atoms. The molecule has 1 aromatic carbocycles. The van der Waals surface area contributed by atoms with Gasteiger partial charge in [-0.1, -0.05) is 6.07 Å². The first-order chi connectivity index (χ1) is 8.04. The lowest BCUT2D eigenvalue weighted by Crippen LogP contribution is -2.45. The van der Waals surface area contributed by atoms with E-state index in [1.807, 2.05) is 0 Å². The van der Waals surface area contributed by atoms with Crippen molar-refractivity contribution in [3.8, 4) is 0 Å². The Morgan fingerprint density at radius 1 is 1.12 bits per heavy atom. The second kappa shape index (κ2) is 5.50. The molecule has 1 rings (SSSR count). The molecule has 0 radical (unpaired) electrons. The summed E-state index contributed by atoms with van der Waals surface area (Å²) in [5.41, 5.74) is 4.34. The first-order valence-corrected chi connectivity index (χ1v) is 4.66. The summed E-state index contributed by atoms with van der Waals surface area (Å²) in [5, 5.41) is 11.0. The van der Waals surface area contributed by atoms with E-state index in [0.717, 1.165) is 0 Å². The number of carbonyl (C=O) groups excluding carboxylic acids is 2. The van der Waals surface area contributed by atoms with Gasteiger partial charge in [-0.3, -0.25) is 10.2 Å². The molecular formula is C10H11N3O4. The van der Waals surface area contributed by atoms with Gasteiger partial charge in [0.2, 0.25) is 0 Å². The Labute approximate surface area is 96.8 Å². The van der Waals surface area contributed by atoms with Crippen LogP contribution < -0.4 is 16.2 Å². The summed E-state index contributed by atoms with van der Waals surface area (Å²) >= 11 is 0. The third-order valence-corrected chi connectivity index (χ3v) is 1.89. The van der Waals surface area contributed by atoms with Crippen LogP contribution >= 0.6 is 0 Å². The maximum Gasteiger partial charge on any atom is 0.335 e. The lowest BCUT2D eigenvalue weighted by atomic mass is 10.1. The van der Waals surface area contributed by atoms with Crippen molar-refractivity contribution in [2.45, 2.75) is 0 Å². The second-order valence-corrected chi connectivity index (χ2v) is 3.04. The summed E-state index contributed by atoms with van der Waals surface area (Å²) in [6.07, 6.45) is 0. The number of aromatic carboxylic acids is 1. The Kier molecular flexibility index (Phi) is 4.04. The van der Waals surface area contributed by atoms with E-state index < -0.39 is 17.9 Å². The van der Waals surface area contributed by atoms with Gasteiger partial charge in [0, 0.05) is 12.6 Å². The minimum Gasteiger partial charge on any atom is -0.478 e. The molecule has 3 amide bonds. The number of hydrogen-bond donors (Lipinski definition) is 4. The van der Waals surface area contributed by atoms with E-state index >= 15 is 0 Å². The maximum absolute atomic E-state index is 11.5. The minimum absolute atomic E-state index is 0.00223. The summed E-state index contributed by atoms with van der Waals surface area (Å²) in [5.74, 6) is -1.73. The highest BCUT2D eigenvalue weighted by Gasteiger charge is 2.09. The van der Waals surface area contributed by atoms with Crippen LogP contribution in [0.1, 0.15) is 20.7 Å².